The molecule has 3 amide bonds. The van der Waals surface area contributed by atoms with Crippen LogP contribution in [0.1, 0.15) is 52.0 Å². The number of benzene rings is 1. The van der Waals surface area contributed by atoms with Crippen molar-refractivity contribution in [2.24, 2.45) is 11.1 Å². The predicted octanol–water partition coefficient (Wildman–Crippen LogP) is 3.03. The molecule has 0 atom stereocenters. The molecule has 0 aromatic heterocycles. The van der Waals surface area contributed by atoms with E-state index in [9.17, 15) is 9.59 Å². The van der Waals surface area contributed by atoms with Gasteiger partial charge in [-0.3, -0.25) is 9.69 Å². The fraction of sp³-hybridized carbons (Fsp3) is 0.652. The van der Waals surface area contributed by atoms with Gasteiger partial charge in [0, 0.05) is 25.7 Å². The van der Waals surface area contributed by atoms with E-state index in [1.165, 1.54) is 5.56 Å². The average molecular weight is 401 g/mol. The summed E-state index contributed by atoms with van der Waals surface area (Å²) in [5.41, 5.74) is 6.02. The van der Waals surface area contributed by atoms with Crippen molar-refractivity contribution in [1.82, 2.24) is 14.7 Å². The van der Waals surface area contributed by atoms with Crippen LogP contribution in [0.2, 0.25) is 0 Å². The van der Waals surface area contributed by atoms with Crippen LogP contribution in [0.3, 0.4) is 0 Å². The van der Waals surface area contributed by atoms with E-state index in [1.54, 1.807) is 0 Å². The number of carbonyl (C=O) groups excluding carboxylic acids is 2. The summed E-state index contributed by atoms with van der Waals surface area (Å²) in [6, 6.07) is 10.8. The number of hydrogen-bond donors (Lipinski definition) is 1. The Bertz CT molecular complexity index is 753. The molecule has 1 aliphatic carbocycles. The Kier molecular flexibility index (Phi) is 5.69. The van der Waals surface area contributed by atoms with Gasteiger partial charge in [0.15, 0.2) is 0 Å². The van der Waals surface area contributed by atoms with Crippen molar-refractivity contribution >= 4 is 11.9 Å². The molecule has 160 valence electrons. The SMILES string of the molecule is CCN(C)[C@]1(c2ccccc2)CC[C@@]2(CC1)CN(CC(C)(C)C(N)=O)C(=O)N2C. The Hall–Kier alpha value is -2.08. The average Bonchev–Trinajstić information content (AvgIpc) is 2.93. The number of carbonyl (C=O) groups is 2. The number of nitrogens with zero attached hydrogens (tertiary/aromatic N) is 3. The van der Waals surface area contributed by atoms with E-state index in [0.717, 1.165) is 32.2 Å². The summed E-state index contributed by atoms with van der Waals surface area (Å²) in [6.07, 6.45) is 3.90. The second-order valence-corrected chi connectivity index (χ2v) is 9.58. The zero-order chi connectivity index (χ0) is 21.4. The molecule has 1 aliphatic heterocycles. The molecule has 1 heterocycles. The van der Waals surface area contributed by atoms with Gasteiger partial charge in [-0.25, -0.2) is 4.79 Å². The summed E-state index contributed by atoms with van der Waals surface area (Å²) in [7, 11) is 4.12. The van der Waals surface area contributed by atoms with Crippen molar-refractivity contribution in [2.45, 2.75) is 57.5 Å². The van der Waals surface area contributed by atoms with Crippen LogP contribution in [0.4, 0.5) is 4.79 Å². The van der Waals surface area contributed by atoms with E-state index in [2.05, 4.69) is 49.2 Å². The van der Waals surface area contributed by atoms with Gasteiger partial charge in [-0.1, -0.05) is 37.3 Å². The lowest BCUT2D eigenvalue weighted by atomic mass is 9.68. The Morgan fingerprint density at radius 3 is 2.28 bits per heavy atom. The minimum Gasteiger partial charge on any atom is -0.369 e. The van der Waals surface area contributed by atoms with E-state index in [4.69, 9.17) is 5.73 Å². The number of rotatable bonds is 6. The van der Waals surface area contributed by atoms with Gasteiger partial charge < -0.3 is 15.5 Å². The van der Waals surface area contributed by atoms with Crippen LogP contribution < -0.4 is 5.73 Å². The molecule has 3 rings (SSSR count). The van der Waals surface area contributed by atoms with Crippen molar-refractivity contribution in [1.29, 1.82) is 0 Å². The summed E-state index contributed by atoms with van der Waals surface area (Å²) in [5, 5.41) is 0. The van der Waals surface area contributed by atoms with Gasteiger partial charge in [0.05, 0.1) is 11.0 Å². The topological polar surface area (TPSA) is 69.9 Å². The summed E-state index contributed by atoms with van der Waals surface area (Å²) in [5.74, 6) is -0.370. The molecule has 0 unspecified atom stereocenters. The van der Waals surface area contributed by atoms with Crippen LogP contribution >= 0.6 is 0 Å². The van der Waals surface area contributed by atoms with Gasteiger partial charge in [0.25, 0.3) is 0 Å². The Balaban J connectivity index is 1.82. The Morgan fingerprint density at radius 2 is 1.76 bits per heavy atom. The number of nitrogens with two attached hydrogens (primary N) is 1. The van der Waals surface area contributed by atoms with Crippen LogP contribution in [-0.4, -0.2) is 65.9 Å². The largest absolute Gasteiger partial charge is 0.369 e. The molecule has 2 N–H and O–H groups in total. The smallest absolute Gasteiger partial charge is 0.320 e. The third-order valence-electron chi connectivity index (χ3n) is 7.53. The van der Waals surface area contributed by atoms with Gasteiger partial charge in [-0.2, -0.15) is 0 Å². The van der Waals surface area contributed by atoms with E-state index in [0.29, 0.717) is 13.1 Å². The van der Waals surface area contributed by atoms with E-state index < -0.39 is 5.41 Å². The number of likely N-dealkylation sites (N-methyl/N-ethyl adjacent to an activating group) is 1. The lowest BCUT2D eigenvalue weighted by Crippen LogP contribution is -2.55. The molecule has 1 saturated carbocycles. The Labute approximate surface area is 175 Å². The number of primary amides is 1. The first kappa shape index (κ1) is 21.6. The highest BCUT2D eigenvalue weighted by atomic mass is 16.2. The molecular formula is C23H36N4O2. The van der Waals surface area contributed by atoms with Crippen molar-refractivity contribution in [3.8, 4) is 0 Å². The zero-order valence-electron chi connectivity index (χ0n) is 18.6. The molecule has 2 aliphatic rings. The van der Waals surface area contributed by atoms with Crippen molar-refractivity contribution in [2.75, 3.05) is 33.7 Å². The summed E-state index contributed by atoms with van der Waals surface area (Å²) >= 11 is 0. The first-order valence-electron chi connectivity index (χ1n) is 10.7. The molecule has 2 fully saturated rings. The van der Waals surface area contributed by atoms with Gasteiger partial charge in [-0.05, 0) is 58.7 Å². The maximum Gasteiger partial charge on any atom is 0.320 e. The molecule has 1 saturated heterocycles. The number of urea groups is 1. The molecule has 6 heteroatoms. The van der Waals surface area contributed by atoms with Crippen molar-refractivity contribution in [3.05, 3.63) is 35.9 Å². The minimum absolute atomic E-state index is 0.00502. The molecule has 29 heavy (non-hydrogen) atoms. The van der Waals surface area contributed by atoms with Crippen LogP contribution in [0.15, 0.2) is 30.3 Å². The highest BCUT2D eigenvalue weighted by Gasteiger charge is 2.54. The second-order valence-electron chi connectivity index (χ2n) is 9.58. The fourth-order valence-electron chi connectivity index (χ4n) is 5.19. The van der Waals surface area contributed by atoms with Crippen molar-refractivity contribution < 1.29 is 9.59 Å². The van der Waals surface area contributed by atoms with E-state index in [-0.39, 0.29) is 23.0 Å². The molecular weight excluding hydrogens is 364 g/mol. The van der Waals surface area contributed by atoms with Gasteiger partial charge in [0.2, 0.25) is 5.91 Å². The van der Waals surface area contributed by atoms with Crippen LogP contribution in [0.25, 0.3) is 0 Å². The normalized spacial score (nSPS) is 27.9. The Morgan fingerprint density at radius 1 is 1.17 bits per heavy atom. The maximum absolute atomic E-state index is 13.0. The molecule has 1 aromatic carbocycles. The predicted molar refractivity (Wildman–Crippen MR) is 115 cm³/mol. The van der Waals surface area contributed by atoms with Crippen molar-refractivity contribution in [3.63, 3.8) is 0 Å². The van der Waals surface area contributed by atoms with E-state index in [1.807, 2.05) is 30.7 Å². The molecule has 1 spiro atoms. The lowest BCUT2D eigenvalue weighted by molar-refractivity contribution is -0.126. The summed E-state index contributed by atoms with van der Waals surface area (Å²) in [6.45, 7) is 7.84. The maximum atomic E-state index is 13.0. The van der Waals surface area contributed by atoms with Gasteiger partial charge in [-0.15, -0.1) is 0 Å². The van der Waals surface area contributed by atoms with E-state index >= 15 is 0 Å². The third-order valence-corrected chi connectivity index (χ3v) is 7.53. The highest BCUT2D eigenvalue weighted by Crippen LogP contribution is 2.49. The highest BCUT2D eigenvalue weighted by molar-refractivity contribution is 5.82. The number of hydrogen-bond acceptors (Lipinski definition) is 3. The van der Waals surface area contributed by atoms with Crippen LogP contribution in [-0.2, 0) is 10.3 Å². The number of amides is 3. The standard InChI is InChI=1S/C23H36N4O2/c1-6-25(4)23(18-10-8-7-9-11-18)14-12-22(13-15-23)17-27(20(29)26(22)5)16-21(2,3)19(24)28/h7-11H,6,12-17H2,1-5H3,(H2,24,28)/t22-,23-. The minimum atomic E-state index is -0.729. The zero-order valence-corrected chi connectivity index (χ0v) is 18.6. The molecule has 0 bridgehead atoms. The van der Waals surface area contributed by atoms with Crippen LogP contribution in [0, 0.1) is 5.41 Å². The monoisotopic (exact) mass is 400 g/mol. The fourth-order valence-corrected chi connectivity index (χ4v) is 5.19. The van der Waals surface area contributed by atoms with Gasteiger partial charge in [0.1, 0.15) is 0 Å². The summed E-state index contributed by atoms with van der Waals surface area (Å²) < 4.78 is 0. The molecule has 0 radical (unpaired) electrons. The first-order valence-corrected chi connectivity index (χ1v) is 10.7. The first-order chi connectivity index (χ1) is 13.6. The van der Waals surface area contributed by atoms with Gasteiger partial charge >= 0.3 is 6.03 Å². The quantitative estimate of drug-likeness (QED) is 0.798. The lowest BCUT2D eigenvalue weighted by Gasteiger charge is -2.51. The second kappa shape index (κ2) is 7.63. The third kappa shape index (κ3) is 3.63. The molecule has 1 aromatic rings. The molecule has 6 nitrogen and oxygen atoms in total. The summed E-state index contributed by atoms with van der Waals surface area (Å²) in [4.78, 5) is 31.0. The van der Waals surface area contributed by atoms with Crippen LogP contribution in [0.5, 0.6) is 0 Å².